The number of carboxylic acids is 1. The predicted octanol–water partition coefficient (Wildman–Crippen LogP) is 5.21. The molecule has 0 aliphatic heterocycles. The number of allylic oxidation sites excluding steroid dienone is 1. The number of rotatable bonds is 8. The van der Waals surface area contributed by atoms with Gasteiger partial charge < -0.3 is 9.84 Å². The fraction of sp³-hybridized carbons (Fsp3) is 0.304. The smallest absolute Gasteiger partial charge is 0.313 e. The lowest BCUT2D eigenvalue weighted by Crippen LogP contribution is -2.10. The van der Waals surface area contributed by atoms with Crippen LogP contribution in [0.25, 0.3) is 6.08 Å². The van der Waals surface area contributed by atoms with Gasteiger partial charge in [-0.2, -0.15) is 0 Å². The number of benzene rings is 2. The molecule has 0 aliphatic carbocycles. The topological polar surface area (TPSA) is 63.6 Å². The number of ether oxygens (including phenoxy) is 1. The molecule has 2 aromatic rings. The Balaban J connectivity index is 2.12. The first-order chi connectivity index (χ1) is 13.2. The molecule has 1 N–H and O–H groups in total. The monoisotopic (exact) mass is 398 g/mol. The van der Waals surface area contributed by atoms with Gasteiger partial charge in [0, 0.05) is 16.9 Å². The second kappa shape index (κ2) is 9.60. The van der Waals surface area contributed by atoms with Crippen molar-refractivity contribution >= 4 is 29.6 Å². The van der Waals surface area contributed by atoms with E-state index in [1.165, 1.54) is 17.3 Å². The Morgan fingerprint density at radius 3 is 2.36 bits per heavy atom. The normalized spacial score (nSPS) is 11.6. The van der Waals surface area contributed by atoms with Crippen LogP contribution in [-0.4, -0.2) is 29.7 Å². The molecule has 0 atom stereocenters. The van der Waals surface area contributed by atoms with Crippen LogP contribution >= 0.6 is 11.8 Å². The van der Waals surface area contributed by atoms with Crippen molar-refractivity contribution in [2.24, 2.45) is 0 Å². The van der Waals surface area contributed by atoms with Crippen molar-refractivity contribution in [1.82, 2.24) is 0 Å². The quantitative estimate of drug-likeness (QED) is 0.489. The Kier molecular flexibility index (Phi) is 7.46. The van der Waals surface area contributed by atoms with Gasteiger partial charge in [-0.25, -0.2) is 0 Å². The molecule has 148 valence electrons. The zero-order valence-electron chi connectivity index (χ0n) is 16.7. The largest absolute Gasteiger partial charge is 0.496 e. The number of carboxylic acid groups (broad SMARTS) is 1. The molecule has 28 heavy (non-hydrogen) atoms. The van der Waals surface area contributed by atoms with Gasteiger partial charge in [0.05, 0.1) is 12.9 Å². The molecule has 0 bridgehead atoms. The summed E-state index contributed by atoms with van der Waals surface area (Å²) in [7, 11) is 1.56. The van der Waals surface area contributed by atoms with Crippen molar-refractivity contribution in [2.75, 3.05) is 12.9 Å². The fourth-order valence-corrected chi connectivity index (χ4v) is 3.38. The summed E-state index contributed by atoms with van der Waals surface area (Å²) in [5.74, 6) is 0.153. The van der Waals surface area contributed by atoms with Gasteiger partial charge in [-0.3, -0.25) is 9.59 Å². The first kappa shape index (κ1) is 21.8. The number of hydrogen-bond donors (Lipinski definition) is 1. The van der Waals surface area contributed by atoms with Crippen LogP contribution in [0, 0.1) is 0 Å². The van der Waals surface area contributed by atoms with Crippen LogP contribution < -0.4 is 4.74 Å². The van der Waals surface area contributed by atoms with Crippen molar-refractivity contribution in [1.29, 1.82) is 0 Å². The van der Waals surface area contributed by atoms with Crippen LogP contribution in [0.15, 0.2) is 48.5 Å². The van der Waals surface area contributed by atoms with E-state index in [0.29, 0.717) is 17.1 Å². The molecule has 0 saturated heterocycles. The Labute approximate surface area is 170 Å². The van der Waals surface area contributed by atoms with E-state index < -0.39 is 5.97 Å². The van der Waals surface area contributed by atoms with Crippen LogP contribution in [0.2, 0.25) is 0 Å². The van der Waals surface area contributed by atoms with Crippen molar-refractivity contribution in [3.63, 3.8) is 0 Å². The molecule has 0 spiro atoms. The van der Waals surface area contributed by atoms with Crippen molar-refractivity contribution < 1.29 is 19.4 Å². The van der Waals surface area contributed by atoms with Gasteiger partial charge >= 0.3 is 5.97 Å². The van der Waals surface area contributed by atoms with E-state index in [0.717, 1.165) is 11.1 Å². The lowest BCUT2D eigenvalue weighted by atomic mass is 9.87. The van der Waals surface area contributed by atoms with E-state index in [9.17, 15) is 9.59 Å². The Bertz CT molecular complexity index is 861. The van der Waals surface area contributed by atoms with E-state index in [1.54, 1.807) is 37.5 Å². The van der Waals surface area contributed by atoms with Gasteiger partial charge in [0.15, 0.2) is 5.78 Å². The summed E-state index contributed by atoms with van der Waals surface area (Å²) in [6.45, 7) is 6.49. The average molecular weight is 399 g/mol. The molecule has 0 saturated carbocycles. The fourth-order valence-electron chi connectivity index (χ4n) is 2.66. The molecule has 2 rings (SSSR count). The summed E-state index contributed by atoms with van der Waals surface area (Å²) >= 11 is 1.27. The number of ketones is 1. The number of carbonyl (C=O) groups excluding carboxylic acids is 1. The van der Waals surface area contributed by atoms with Crippen molar-refractivity contribution in [3.05, 3.63) is 70.8 Å². The van der Waals surface area contributed by atoms with E-state index in [4.69, 9.17) is 9.84 Å². The zero-order chi connectivity index (χ0) is 20.7. The lowest BCUT2D eigenvalue weighted by Gasteiger charge is -2.18. The third-order valence-corrected chi connectivity index (χ3v) is 5.22. The first-order valence-corrected chi connectivity index (χ1v) is 10.2. The molecule has 0 aromatic heterocycles. The van der Waals surface area contributed by atoms with Crippen molar-refractivity contribution in [3.8, 4) is 5.75 Å². The summed E-state index contributed by atoms with van der Waals surface area (Å²) in [5, 5.41) is 8.79. The second-order valence-corrected chi connectivity index (χ2v) is 8.47. The Morgan fingerprint density at radius 1 is 1.11 bits per heavy atom. The molecular formula is C23H26O4S. The van der Waals surface area contributed by atoms with E-state index in [-0.39, 0.29) is 17.0 Å². The van der Waals surface area contributed by atoms with Gasteiger partial charge in [-0.1, -0.05) is 51.1 Å². The highest BCUT2D eigenvalue weighted by molar-refractivity contribution is 7.99. The number of carbonyl (C=O) groups is 2. The second-order valence-electron chi connectivity index (χ2n) is 7.48. The van der Waals surface area contributed by atoms with Gasteiger partial charge in [-0.15, -0.1) is 11.8 Å². The van der Waals surface area contributed by atoms with Gasteiger partial charge in [0.2, 0.25) is 0 Å². The van der Waals surface area contributed by atoms with E-state index in [2.05, 4.69) is 32.9 Å². The number of hydrogen-bond acceptors (Lipinski definition) is 4. The molecule has 0 unspecified atom stereocenters. The predicted molar refractivity (Wildman–Crippen MR) is 115 cm³/mol. The molecule has 0 amide bonds. The van der Waals surface area contributed by atoms with Crippen LogP contribution in [0.1, 0.15) is 47.8 Å². The molecular weight excluding hydrogens is 372 g/mol. The van der Waals surface area contributed by atoms with E-state index in [1.807, 2.05) is 12.1 Å². The van der Waals surface area contributed by atoms with Gasteiger partial charge in [0.1, 0.15) is 5.75 Å². The molecule has 0 fully saturated rings. The minimum Gasteiger partial charge on any atom is -0.496 e. The molecule has 0 radical (unpaired) electrons. The number of methoxy groups -OCH3 is 1. The van der Waals surface area contributed by atoms with Gasteiger partial charge in [-0.05, 0) is 40.8 Å². The Morgan fingerprint density at radius 2 is 1.79 bits per heavy atom. The molecule has 5 heteroatoms. The molecule has 2 aromatic carbocycles. The van der Waals surface area contributed by atoms with Crippen molar-refractivity contribution in [2.45, 2.75) is 31.9 Å². The highest BCUT2D eigenvalue weighted by Crippen LogP contribution is 2.25. The van der Waals surface area contributed by atoms with Crippen LogP contribution in [0.5, 0.6) is 5.75 Å². The van der Waals surface area contributed by atoms with Crippen LogP contribution in [0.3, 0.4) is 0 Å². The van der Waals surface area contributed by atoms with E-state index >= 15 is 0 Å². The summed E-state index contributed by atoms with van der Waals surface area (Å²) in [6.07, 6.45) is 3.36. The molecule has 0 aliphatic rings. The SMILES string of the molecule is COc1ccc(C(=O)/C=C/c2ccc(C(C)(C)C)cc2)cc1CSCC(=O)O. The number of thioether (sulfide) groups is 1. The third kappa shape index (κ3) is 6.27. The zero-order valence-corrected chi connectivity index (χ0v) is 17.5. The summed E-state index contributed by atoms with van der Waals surface area (Å²) in [6, 6.07) is 13.4. The minimum atomic E-state index is -0.864. The minimum absolute atomic E-state index is 0.00575. The summed E-state index contributed by atoms with van der Waals surface area (Å²) in [5.41, 5.74) is 3.66. The maximum atomic E-state index is 12.5. The number of aliphatic carboxylic acids is 1. The first-order valence-electron chi connectivity index (χ1n) is 9.00. The standard InChI is InChI=1S/C23H26O4S/c1-23(2,3)19-9-5-16(6-10-19)7-11-20(24)17-8-12-21(27-4)18(13-17)14-28-15-22(25)26/h5-13H,14-15H2,1-4H3,(H,25,26)/b11-7+. The van der Waals surface area contributed by atoms with Crippen LogP contribution in [0.4, 0.5) is 0 Å². The third-order valence-electron chi connectivity index (χ3n) is 4.25. The maximum absolute atomic E-state index is 12.5. The average Bonchev–Trinajstić information content (AvgIpc) is 2.65. The molecule has 0 heterocycles. The van der Waals surface area contributed by atoms with Crippen LogP contribution in [-0.2, 0) is 16.0 Å². The highest BCUT2D eigenvalue weighted by atomic mass is 32.2. The maximum Gasteiger partial charge on any atom is 0.313 e. The summed E-state index contributed by atoms with van der Waals surface area (Å²) in [4.78, 5) is 23.2. The van der Waals surface area contributed by atoms with Gasteiger partial charge in [0.25, 0.3) is 0 Å². The Hall–Kier alpha value is -2.53. The lowest BCUT2D eigenvalue weighted by molar-refractivity contribution is -0.133. The summed E-state index contributed by atoms with van der Waals surface area (Å²) < 4.78 is 5.32. The molecule has 4 nitrogen and oxygen atoms in total. The highest BCUT2D eigenvalue weighted by Gasteiger charge is 2.13.